The summed E-state index contributed by atoms with van der Waals surface area (Å²) >= 11 is 0. The Morgan fingerprint density at radius 1 is 1.09 bits per heavy atom. The molecule has 122 valence electrons. The van der Waals surface area contributed by atoms with E-state index in [0.717, 1.165) is 45.6 Å². The summed E-state index contributed by atoms with van der Waals surface area (Å²) in [4.78, 5) is 16.6. The second-order valence-electron chi connectivity index (χ2n) is 6.14. The molecule has 1 aliphatic heterocycles. The third kappa shape index (κ3) is 4.02. The highest BCUT2D eigenvalue weighted by atomic mass is 16.3. The number of carbonyl (C=O) groups is 1. The lowest BCUT2D eigenvalue weighted by Gasteiger charge is -2.34. The van der Waals surface area contributed by atoms with E-state index in [1.165, 1.54) is 11.1 Å². The molecule has 0 aliphatic carbocycles. The van der Waals surface area contributed by atoms with Crippen molar-refractivity contribution in [2.75, 3.05) is 32.7 Å². The van der Waals surface area contributed by atoms with Crippen LogP contribution in [0.5, 0.6) is 0 Å². The van der Waals surface area contributed by atoms with Crippen molar-refractivity contribution in [3.63, 3.8) is 0 Å². The highest BCUT2D eigenvalue weighted by Crippen LogP contribution is 2.12. The summed E-state index contributed by atoms with van der Waals surface area (Å²) in [5.41, 5.74) is 2.82. The molecule has 4 nitrogen and oxygen atoms in total. The van der Waals surface area contributed by atoms with Crippen molar-refractivity contribution >= 4 is 5.91 Å². The highest BCUT2D eigenvalue weighted by Gasteiger charge is 2.23. The van der Waals surface area contributed by atoms with E-state index in [-0.39, 0.29) is 5.91 Å². The van der Waals surface area contributed by atoms with Crippen LogP contribution in [-0.4, -0.2) is 48.4 Å². The SMILES string of the molecule is Cc1ccccc1CCCN1CCN(C(=O)c2ccco2)CC1. The van der Waals surface area contributed by atoms with Crippen LogP contribution in [0, 0.1) is 6.92 Å². The van der Waals surface area contributed by atoms with Crippen LogP contribution in [0.4, 0.5) is 0 Å². The largest absolute Gasteiger partial charge is 0.459 e. The summed E-state index contributed by atoms with van der Waals surface area (Å²) in [5, 5.41) is 0. The molecule has 2 aromatic rings. The van der Waals surface area contributed by atoms with E-state index in [4.69, 9.17) is 4.42 Å². The molecule has 1 aliphatic rings. The molecule has 0 spiro atoms. The van der Waals surface area contributed by atoms with Gasteiger partial charge in [-0.2, -0.15) is 0 Å². The summed E-state index contributed by atoms with van der Waals surface area (Å²) in [5.74, 6) is 0.451. The zero-order valence-electron chi connectivity index (χ0n) is 13.7. The predicted octanol–water partition coefficient (Wildman–Crippen LogP) is 2.98. The number of benzene rings is 1. The van der Waals surface area contributed by atoms with Crippen molar-refractivity contribution in [1.82, 2.24) is 9.80 Å². The molecular formula is C19H24N2O2. The number of hydrogen-bond donors (Lipinski definition) is 0. The van der Waals surface area contributed by atoms with Crippen molar-refractivity contribution in [2.24, 2.45) is 0 Å². The molecule has 2 heterocycles. The van der Waals surface area contributed by atoms with Crippen LogP contribution >= 0.6 is 0 Å². The molecular weight excluding hydrogens is 288 g/mol. The zero-order valence-corrected chi connectivity index (χ0v) is 13.7. The second kappa shape index (κ2) is 7.47. The maximum absolute atomic E-state index is 12.2. The van der Waals surface area contributed by atoms with Gasteiger partial charge >= 0.3 is 0 Å². The van der Waals surface area contributed by atoms with Gasteiger partial charge in [-0.25, -0.2) is 0 Å². The Morgan fingerprint density at radius 2 is 1.87 bits per heavy atom. The number of carbonyl (C=O) groups excluding carboxylic acids is 1. The summed E-state index contributed by atoms with van der Waals surface area (Å²) in [6, 6.07) is 12.1. The first-order valence-corrected chi connectivity index (χ1v) is 8.33. The van der Waals surface area contributed by atoms with Gasteiger partial charge in [0.05, 0.1) is 6.26 Å². The fourth-order valence-electron chi connectivity index (χ4n) is 3.11. The van der Waals surface area contributed by atoms with Crippen LogP contribution in [0.15, 0.2) is 47.1 Å². The van der Waals surface area contributed by atoms with E-state index in [1.807, 2.05) is 4.90 Å². The molecule has 1 saturated heterocycles. The van der Waals surface area contributed by atoms with Gasteiger partial charge in [0.25, 0.3) is 5.91 Å². The Kier molecular flexibility index (Phi) is 5.13. The van der Waals surface area contributed by atoms with Crippen LogP contribution in [0.1, 0.15) is 28.1 Å². The van der Waals surface area contributed by atoms with Gasteiger partial charge in [-0.1, -0.05) is 24.3 Å². The van der Waals surface area contributed by atoms with Crippen LogP contribution in [0.3, 0.4) is 0 Å². The van der Waals surface area contributed by atoms with Gasteiger partial charge in [0.1, 0.15) is 0 Å². The summed E-state index contributed by atoms with van der Waals surface area (Å²) < 4.78 is 5.20. The monoisotopic (exact) mass is 312 g/mol. The minimum Gasteiger partial charge on any atom is -0.459 e. The molecule has 1 aromatic heterocycles. The molecule has 3 rings (SSSR count). The number of furan rings is 1. The first-order chi connectivity index (χ1) is 11.2. The van der Waals surface area contributed by atoms with Gasteiger partial charge in [-0.15, -0.1) is 0 Å². The van der Waals surface area contributed by atoms with Gasteiger partial charge in [-0.05, 0) is 49.6 Å². The standard InChI is InChI=1S/C19H24N2O2/c1-16-6-2-3-7-17(16)8-4-10-20-11-13-21(14-12-20)19(22)18-9-5-15-23-18/h2-3,5-7,9,15H,4,8,10-14H2,1H3. The number of rotatable bonds is 5. The van der Waals surface area contributed by atoms with Gasteiger partial charge in [0, 0.05) is 26.2 Å². The van der Waals surface area contributed by atoms with Gasteiger partial charge in [0.15, 0.2) is 5.76 Å². The number of nitrogens with zero attached hydrogens (tertiary/aromatic N) is 2. The van der Waals surface area contributed by atoms with Crippen molar-refractivity contribution in [3.8, 4) is 0 Å². The lowest BCUT2D eigenvalue weighted by molar-refractivity contribution is 0.0605. The van der Waals surface area contributed by atoms with E-state index < -0.39 is 0 Å². The van der Waals surface area contributed by atoms with Crippen LogP contribution in [-0.2, 0) is 6.42 Å². The first-order valence-electron chi connectivity index (χ1n) is 8.33. The van der Waals surface area contributed by atoms with E-state index >= 15 is 0 Å². The lowest BCUT2D eigenvalue weighted by Crippen LogP contribution is -2.48. The molecule has 1 aromatic carbocycles. The lowest BCUT2D eigenvalue weighted by atomic mass is 10.0. The van der Waals surface area contributed by atoms with Gasteiger partial charge in [-0.3, -0.25) is 9.69 Å². The van der Waals surface area contributed by atoms with Crippen molar-refractivity contribution in [3.05, 3.63) is 59.5 Å². The molecule has 0 radical (unpaired) electrons. The van der Waals surface area contributed by atoms with E-state index in [1.54, 1.807) is 18.4 Å². The fraction of sp³-hybridized carbons (Fsp3) is 0.421. The average molecular weight is 312 g/mol. The van der Waals surface area contributed by atoms with Crippen molar-refractivity contribution < 1.29 is 9.21 Å². The molecule has 4 heteroatoms. The fourth-order valence-corrected chi connectivity index (χ4v) is 3.11. The molecule has 0 N–H and O–H groups in total. The number of piperazine rings is 1. The van der Waals surface area contributed by atoms with Crippen LogP contribution in [0.25, 0.3) is 0 Å². The number of amides is 1. The Hall–Kier alpha value is -2.07. The average Bonchev–Trinajstić information content (AvgIpc) is 3.11. The Bertz CT molecular complexity index is 629. The van der Waals surface area contributed by atoms with E-state index in [9.17, 15) is 4.79 Å². The maximum atomic E-state index is 12.2. The van der Waals surface area contributed by atoms with E-state index in [2.05, 4.69) is 36.1 Å². The van der Waals surface area contributed by atoms with Crippen LogP contribution in [0.2, 0.25) is 0 Å². The van der Waals surface area contributed by atoms with Gasteiger partial charge in [0.2, 0.25) is 0 Å². The molecule has 1 fully saturated rings. The van der Waals surface area contributed by atoms with Gasteiger partial charge < -0.3 is 9.32 Å². The smallest absolute Gasteiger partial charge is 0.289 e. The minimum atomic E-state index is 0.00885. The molecule has 0 atom stereocenters. The summed E-state index contributed by atoms with van der Waals surface area (Å²) in [7, 11) is 0. The summed E-state index contributed by atoms with van der Waals surface area (Å²) in [6.07, 6.45) is 3.84. The minimum absolute atomic E-state index is 0.00885. The molecule has 0 unspecified atom stereocenters. The third-order valence-electron chi connectivity index (χ3n) is 4.57. The predicted molar refractivity (Wildman–Crippen MR) is 90.6 cm³/mol. The third-order valence-corrected chi connectivity index (χ3v) is 4.57. The Morgan fingerprint density at radius 3 is 2.57 bits per heavy atom. The maximum Gasteiger partial charge on any atom is 0.289 e. The first kappa shape index (κ1) is 15.8. The molecule has 0 bridgehead atoms. The normalized spacial score (nSPS) is 15.8. The second-order valence-corrected chi connectivity index (χ2v) is 6.14. The molecule has 1 amide bonds. The Labute approximate surface area is 137 Å². The molecule has 0 saturated carbocycles. The highest BCUT2D eigenvalue weighted by molar-refractivity contribution is 5.91. The van der Waals surface area contributed by atoms with Crippen LogP contribution < -0.4 is 0 Å². The zero-order chi connectivity index (χ0) is 16.1. The Balaban J connectivity index is 1.41. The van der Waals surface area contributed by atoms with Crippen molar-refractivity contribution in [2.45, 2.75) is 19.8 Å². The van der Waals surface area contributed by atoms with Crippen molar-refractivity contribution in [1.29, 1.82) is 0 Å². The topological polar surface area (TPSA) is 36.7 Å². The van der Waals surface area contributed by atoms with E-state index in [0.29, 0.717) is 5.76 Å². The molecule has 23 heavy (non-hydrogen) atoms. The summed E-state index contributed by atoms with van der Waals surface area (Å²) in [6.45, 7) is 6.72. The number of hydrogen-bond acceptors (Lipinski definition) is 3. The quantitative estimate of drug-likeness (QED) is 0.851. The number of aryl methyl sites for hydroxylation is 2.